The molecule has 674 valence electrons. The predicted molar refractivity (Wildman–Crippen MR) is 531 cm³/mol. The van der Waals surface area contributed by atoms with Gasteiger partial charge >= 0.3 is 49.0 Å². The molecule has 1 aliphatic heterocycles. The average molecular weight is 2050 g/mol. The minimum atomic E-state index is -1.00. The number of nitrogens with one attached hydrogen (secondary N) is 1. The molecule has 16 nitrogen and oxygen atoms in total. The van der Waals surface area contributed by atoms with Crippen molar-refractivity contribution >= 4 is 49.4 Å². The van der Waals surface area contributed by atoms with E-state index in [-0.39, 0.29) is 89.5 Å². The molecule has 0 bridgehead atoms. The molecule has 1 aliphatic rings. The molecule has 131 heavy (non-hydrogen) atoms. The number of amides is 1. The fourth-order valence-corrected chi connectivity index (χ4v) is 9.51. The van der Waals surface area contributed by atoms with Gasteiger partial charge in [-0.2, -0.15) is 151 Å². The summed E-state index contributed by atoms with van der Waals surface area (Å²) in [5.41, 5.74) is 17.1. The van der Waals surface area contributed by atoms with Crippen LogP contribution in [0.25, 0.3) is 44.5 Å². The zero-order valence-corrected chi connectivity index (χ0v) is 84.9. The van der Waals surface area contributed by atoms with Gasteiger partial charge in [0, 0.05) is 136 Å². The Morgan fingerprint density at radius 1 is 0.443 bits per heavy atom. The van der Waals surface area contributed by atoms with Gasteiger partial charge in [-0.15, -0.1) is 0 Å². The Morgan fingerprint density at radius 3 is 0.763 bits per heavy atom. The number of alkyl halides is 1. The first-order valence-corrected chi connectivity index (χ1v) is 41.7. The van der Waals surface area contributed by atoms with Crippen LogP contribution in [0, 0.1) is 59.3 Å². The fourth-order valence-electron chi connectivity index (χ4n) is 9.01. The van der Waals surface area contributed by atoms with Crippen LogP contribution in [0.5, 0.6) is 0 Å². The summed E-state index contributed by atoms with van der Waals surface area (Å²) in [4.78, 5) is 41.2. The maximum atomic E-state index is 9.96. The normalized spacial score (nSPS) is 9.05. The largest absolute Gasteiger partial charge is 2.00 e. The second kappa shape index (κ2) is 95.8. The van der Waals surface area contributed by atoms with Crippen molar-refractivity contribution in [1.29, 1.82) is 15.8 Å². The molecule has 1 saturated heterocycles. The second-order valence-corrected chi connectivity index (χ2v) is 26.3. The molecule has 0 aliphatic carbocycles. The number of aliphatic hydroxyl groups excluding tert-OH is 1. The van der Waals surface area contributed by atoms with Crippen molar-refractivity contribution in [3.05, 3.63) is 494 Å². The van der Waals surface area contributed by atoms with E-state index in [1.807, 2.05) is 197 Å². The van der Waals surface area contributed by atoms with Crippen molar-refractivity contribution in [2.75, 3.05) is 34.5 Å². The summed E-state index contributed by atoms with van der Waals surface area (Å²) in [6.07, 6.45) is 18.4. The molecule has 16 aromatic rings. The Labute approximate surface area is 852 Å². The van der Waals surface area contributed by atoms with Crippen molar-refractivity contribution in [2.45, 2.75) is 73.8 Å². The van der Waals surface area contributed by atoms with Gasteiger partial charge in [0.25, 0.3) is 0 Å². The number of halogens is 4. The predicted octanol–water partition coefficient (Wildman–Crippen LogP) is 23.1. The van der Waals surface area contributed by atoms with Gasteiger partial charge in [0.2, 0.25) is 11.2 Å². The van der Waals surface area contributed by atoms with E-state index in [9.17, 15) is 9.18 Å². The Kier molecular flexibility index (Phi) is 91.8. The average Bonchev–Trinajstić information content (AvgIpc) is 1.17. The molecule has 0 radical (unpaired) electrons. The zero-order valence-electron chi connectivity index (χ0n) is 76.4. The van der Waals surface area contributed by atoms with Gasteiger partial charge in [0.1, 0.15) is 23.5 Å². The van der Waals surface area contributed by atoms with E-state index in [1.165, 1.54) is 76.7 Å². The third kappa shape index (κ3) is 71.7. The molecule has 17 rings (SSSR count). The van der Waals surface area contributed by atoms with Crippen LogP contribution < -0.4 is 40.6 Å². The Morgan fingerprint density at radius 2 is 0.626 bits per heavy atom. The molecular weight excluding hydrogens is 1940 g/mol. The minimum absolute atomic E-state index is 0. The molecule has 23 heteroatoms. The molecule has 0 atom stereocenters. The first-order chi connectivity index (χ1) is 62.9. The maximum Gasteiger partial charge on any atom is 2.00 e. The number of aromatic nitrogens is 8. The summed E-state index contributed by atoms with van der Waals surface area (Å²) in [7, 11) is 1.60. The van der Waals surface area contributed by atoms with Crippen LogP contribution in [0.1, 0.15) is 79.4 Å². The number of benzene rings is 12. The van der Waals surface area contributed by atoms with Crippen molar-refractivity contribution in [2.24, 2.45) is 5.73 Å². The second-order valence-electron chi connectivity index (χ2n) is 24.1. The van der Waals surface area contributed by atoms with E-state index in [0.717, 1.165) is 71.6 Å². The first kappa shape index (κ1) is 126. The van der Waals surface area contributed by atoms with E-state index in [4.69, 9.17) is 57.5 Å². The van der Waals surface area contributed by atoms with Gasteiger partial charge in [-0.05, 0) is 101 Å². The number of nitriles is 1. The third-order valence-electron chi connectivity index (χ3n) is 15.2. The summed E-state index contributed by atoms with van der Waals surface area (Å²) >= 11 is 11.8. The number of carbonyl (C=O) groups is 1. The zero-order chi connectivity index (χ0) is 93.9. The van der Waals surface area contributed by atoms with Crippen LogP contribution in [-0.2, 0) is 75.2 Å². The van der Waals surface area contributed by atoms with Crippen molar-refractivity contribution < 1.29 is 91.3 Å². The number of nitrogens with two attached hydrogens (primary N) is 1. The molecular formula is C108H114Br2ClFN13NaO3PdZn-4. The standard InChI is InChI=1S/4C12H10.C7H11N3.C7H7N3.C6H7BrN2.4C6H5.C4H2BrClN2.C4H8O.C3H7NO.CH3F.2CN.CH4O.CH4.Na.Pd.Zn.H/c4*1-3-7-11(8-4-1)12-9-5-2-6-10-12;2*1-2-7-9-4-6(3-8)5-10-7;1-2-6-8-3-5(7)4-9-6;4*1-2-4-6-5-3-1;5-3-1-7-4(6)8-2-3;1-2-4-5-3-1;1-3(5)4-2;4*1-2;;;;;/h4*1-10H;4-5H,2-3,8H2,1H3;4-5H,2H2,1H3;3-4H,2H2,1H3;4*1-5H;1-2H;1-4H2;1-2H3,(H,4,5);1H3;;;2H,1H3;1H4;;;;/q;;;;;;;4*-1;;;;;2*-1;;;+1;;+2;-1/i;;;;;;;;;;;;;;1D;;;;;;;;. The molecule has 1 fully saturated rings. The summed E-state index contributed by atoms with van der Waals surface area (Å²) in [5, 5.41) is 30.5. The van der Waals surface area contributed by atoms with Gasteiger partial charge in [-0.25, -0.2) is 39.9 Å². The monoisotopic (exact) mass is 2050 g/mol. The van der Waals surface area contributed by atoms with Crippen molar-refractivity contribution in [1.82, 2.24) is 45.2 Å². The van der Waals surface area contributed by atoms with E-state index in [1.54, 1.807) is 44.2 Å². The van der Waals surface area contributed by atoms with Crippen molar-refractivity contribution in [3.8, 4) is 50.6 Å². The summed E-state index contributed by atoms with van der Waals surface area (Å²) in [6, 6.07) is 135. The smallest absolute Gasteiger partial charge is 1.00 e. The van der Waals surface area contributed by atoms with E-state index < -0.39 is 7.15 Å². The fraction of sp³-hybridized carbons (Fsp3) is 0.148. The van der Waals surface area contributed by atoms with Gasteiger partial charge < -0.3 is 46.0 Å². The van der Waals surface area contributed by atoms with E-state index >= 15 is 0 Å². The van der Waals surface area contributed by atoms with E-state index in [2.05, 4.69) is 295 Å². The van der Waals surface area contributed by atoms with Gasteiger partial charge in [0.15, 0.2) is 0 Å². The first-order valence-electron chi connectivity index (χ1n) is 40.5. The number of rotatable bonds is 8. The molecule has 4 N–H and O–H groups in total. The number of ether oxygens (including phenoxy) is 1. The number of hydrogen-bond acceptors (Lipinski definition) is 15. The number of hydrogen-bond donors (Lipinski definition) is 3. The van der Waals surface area contributed by atoms with Crippen LogP contribution in [0.15, 0.2) is 423 Å². The van der Waals surface area contributed by atoms with Crippen LogP contribution in [0.4, 0.5) is 4.39 Å². The molecule has 0 saturated carbocycles. The molecule has 0 spiro atoms. The van der Waals surface area contributed by atoms with Gasteiger partial charge in [0.05, 0.1) is 23.0 Å². The summed E-state index contributed by atoms with van der Waals surface area (Å²) in [5.74, 6) is 2.54. The Hall–Kier alpha value is -11.8. The third-order valence-corrected chi connectivity index (χ3v) is 16.2. The number of aryl methyl sites for hydroxylation is 3. The van der Waals surface area contributed by atoms with Crippen LogP contribution in [-0.4, -0.2) is 85.4 Å². The summed E-state index contributed by atoms with van der Waals surface area (Å²) < 4.78 is 22.2. The Bertz CT molecular complexity index is 4420. The van der Waals surface area contributed by atoms with Gasteiger partial charge in [-0.3, -0.25) is 9.18 Å². The molecule has 1 amide bonds. The van der Waals surface area contributed by atoms with Crippen LogP contribution in [0.2, 0.25) is 5.28 Å². The number of nitrogens with zero attached hydrogens (tertiary/aromatic N) is 11. The molecule has 5 heterocycles. The van der Waals surface area contributed by atoms with E-state index in [0.29, 0.717) is 12.1 Å². The molecule has 12 aromatic carbocycles. The topological polar surface area (TPSA) is 259 Å². The molecule has 4 aromatic heterocycles. The van der Waals surface area contributed by atoms with Crippen LogP contribution in [0.3, 0.4) is 0 Å². The molecule has 0 unspecified atom stereocenters. The Balaban J connectivity index is -0.000000326. The SMILES string of the molecule is C.C1CCOC1.CCc1ncc(Br)cn1.CCc1ncc(C#N)cn1.CCc1ncc(CN)cn1.CNC(C)=O.CO.Clc1ncc(Br)cn1.[2H]CF.[C-]#N.[C-]#N.[H-].[Na+].[Pd].[Zn+2].[c-]1ccccc1.[c-]1ccccc1.[c-]1ccccc1.[c-]1ccccc1.c1ccc(-c2ccccc2)cc1.c1ccc(-c2ccccc2)cc1.c1ccc(-c2ccccc2)cc1.c1ccc(-c2ccccc2)cc1. The number of carbonyl (C=O) groups excluding carboxylic acids is 1. The van der Waals surface area contributed by atoms with Crippen molar-refractivity contribution in [3.63, 3.8) is 0 Å². The summed E-state index contributed by atoms with van der Waals surface area (Å²) in [6.45, 7) is 19.5. The van der Waals surface area contributed by atoms with Gasteiger partial charge in [-0.1, -0.05) is 271 Å². The quantitative estimate of drug-likeness (QED) is 0.0726. The minimum Gasteiger partial charge on any atom is -1.00 e. The number of aliphatic hydroxyl groups is 1. The van der Waals surface area contributed by atoms with Crippen LogP contribution >= 0.6 is 43.5 Å². The maximum absolute atomic E-state index is 9.96.